The second-order valence-electron chi connectivity index (χ2n) is 4.88. The van der Waals surface area contributed by atoms with E-state index in [1.165, 1.54) is 18.3 Å². The van der Waals surface area contributed by atoms with Crippen LogP contribution < -0.4 is 5.32 Å². The molecule has 0 fully saturated rings. The van der Waals surface area contributed by atoms with Gasteiger partial charge in [0.1, 0.15) is 11.0 Å². The van der Waals surface area contributed by atoms with Crippen LogP contribution in [0.25, 0.3) is 0 Å². The molecule has 0 aliphatic heterocycles. The number of rotatable bonds is 5. The van der Waals surface area contributed by atoms with E-state index in [1.807, 2.05) is 13.0 Å². The Kier molecular flexibility index (Phi) is 5.65. The fraction of sp³-hybridized carbons (Fsp3) is 0.250. The summed E-state index contributed by atoms with van der Waals surface area (Å²) in [4.78, 5) is 32.1. The van der Waals surface area contributed by atoms with Crippen molar-refractivity contribution in [2.75, 3.05) is 5.32 Å². The lowest BCUT2D eigenvalue weighted by atomic mass is 10.2. The van der Waals surface area contributed by atoms with E-state index in [4.69, 9.17) is 16.3 Å². The predicted molar refractivity (Wildman–Crippen MR) is 86.3 cm³/mol. The van der Waals surface area contributed by atoms with Crippen molar-refractivity contribution < 1.29 is 14.3 Å². The van der Waals surface area contributed by atoms with Crippen molar-refractivity contribution in [3.8, 4) is 0 Å². The molecule has 23 heavy (non-hydrogen) atoms. The van der Waals surface area contributed by atoms with Gasteiger partial charge in [0.05, 0.1) is 5.56 Å². The third kappa shape index (κ3) is 4.75. The summed E-state index contributed by atoms with van der Waals surface area (Å²) < 4.78 is 5.24. The van der Waals surface area contributed by atoms with Gasteiger partial charge in [0.25, 0.3) is 5.91 Å². The molecule has 2 aromatic rings. The van der Waals surface area contributed by atoms with E-state index < -0.39 is 18.0 Å². The summed E-state index contributed by atoms with van der Waals surface area (Å²) in [6.07, 6.45) is 2.41. The van der Waals surface area contributed by atoms with Crippen molar-refractivity contribution in [3.05, 3.63) is 52.9 Å². The minimum Gasteiger partial charge on any atom is -0.449 e. The van der Waals surface area contributed by atoms with Crippen molar-refractivity contribution in [1.82, 2.24) is 9.97 Å². The number of halogens is 1. The standard InChI is InChI=1S/C16H16ClN3O3/c1-3-12(15(21)20-14-8-10(2)4-6-19-14)23-16(22)11-5-7-18-13(17)9-11/h4-9,12H,3H2,1-2H3,(H,19,20,21). The van der Waals surface area contributed by atoms with Crippen LogP contribution in [0, 0.1) is 6.92 Å². The summed E-state index contributed by atoms with van der Waals surface area (Å²) in [6, 6.07) is 6.41. The van der Waals surface area contributed by atoms with Crippen LogP contribution in [0.1, 0.15) is 29.3 Å². The van der Waals surface area contributed by atoms with Crippen LogP contribution in [0.4, 0.5) is 5.82 Å². The van der Waals surface area contributed by atoms with Gasteiger partial charge in [-0.15, -0.1) is 0 Å². The van der Waals surface area contributed by atoms with Gasteiger partial charge in [-0.05, 0) is 43.2 Å². The maximum absolute atomic E-state index is 12.2. The van der Waals surface area contributed by atoms with Crippen LogP contribution in [-0.2, 0) is 9.53 Å². The molecule has 0 radical (unpaired) electrons. The van der Waals surface area contributed by atoms with Crippen LogP contribution >= 0.6 is 11.6 Å². The summed E-state index contributed by atoms with van der Waals surface area (Å²) in [5.41, 5.74) is 1.21. The van der Waals surface area contributed by atoms with E-state index >= 15 is 0 Å². The topological polar surface area (TPSA) is 81.2 Å². The Labute approximate surface area is 138 Å². The first-order valence-electron chi connectivity index (χ1n) is 7.05. The fourth-order valence-corrected chi connectivity index (χ4v) is 2.03. The Morgan fingerprint density at radius 3 is 2.65 bits per heavy atom. The average molecular weight is 334 g/mol. The highest BCUT2D eigenvalue weighted by Crippen LogP contribution is 2.12. The van der Waals surface area contributed by atoms with Crippen molar-refractivity contribution in [1.29, 1.82) is 0 Å². The Hall–Kier alpha value is -2.47. The van der Waals surface area contributed by atoms with Gasteiger partial charge in [-0.1, -0.05) is 18.5 Å². The lowest BCUT2D eigenvalue weighted by Crippen LogP contribution is -2.32. The van der Waals surface area contributed by atoms with Gasteiger partial charge in [0.15, 0.2) is 6.10 Å². The molecule has 0 aliphatic carbocycles. The summed E-state index contributed by atoms with van der Waals surface area (Å²) in [6.45, 7) is 3.64. The first-order chi connectivity index (χ1) is 11.0. The summed E-state index contributed by atoms with van der Waals surface area (Å²) in [7, 11) is 0. The number of carbonyl (C=O) groups is 2. The quantitative estimate of drug-likeness (QED) is 0.672. The maximum atomic E-state index is 12.2. The number of nitrogens with one attached hydrogen (secondary N) is 1. The Bertz CT molecular complexity index is 721. The lowest BCUT2D eigenvalue weighted by molar-refractivity contribution is -0.124. The van der Waals surface area contributed by atoms with Crippen LogP contribution in [0.2, 0.25) is 5.15 Å². The molecule has 0 spiro atoms. The van der Waals surface area contributed by atoms with Gasteiger partial charge in [-0.2, -0.15) is 0 Å². The van der Waals surface area contributed by atoms with Gasteiger partial charge in [0.2, 0.25) is 0 Å². The first kappa shape index (κ1) is 16.9. The number of ether oxygens (including phenoxy) is 1. The zero-order valence-corrected chi connectivity index (χ0v) is 13.5. The van der Waals surface area contributed by atoms with E-state index in [2.05, 4.69) is 15.3 Å². The summed E-state index contributed by atoms with van der Waals surface area (Å²) >= 11 is 5.74. The van der Waals surface area contributed by atoms with Crippen molar-refractivity contribution in [3.63, 3.8) is 0 Å². The van der Waals surface area contributed by atoms with Crippen LogP contribution in [0.5, 0.6) is 0 Å². The van der Waals surface area contributed by atoms with Crippen molar-refractivity contribution in [2.45, 2.75) is 26.4 Å². The molecule has 7 heteroatoms. The monoisotopic (exact) mass is 333 g/mol. The summed E-state index contributed by atoms with van der Waals surface area (Å²) in [5, 5.41) is 2.82. The molecule has 6 nitrogen and oxygen atoms in total. The Morgan fingerprint density at radius 2 is 2.00 bits per heavy atom. The molecular formula is C16H16ClN3O3. The molecule has 1 atom stereocenters. The van der Waals surface area contributed by atoms with E-state index in [-0.39, 0.29) is 10.7 Å². The Balaban J connectivity index is 2.04. The number of nitrogens with zero attached hydrogens (tertiary/aromatic N) is 2. The van der Waals surface area contributed by atoms with E-state index in [1.54, 1.807) is 19.2 Å². The lowest BCUT2D eigenvalue weighted by Gasteiger charge is -2.16. The number of aryl methyl sites for hydroxylation is 1. The molecule has 0 aromatic carbocycles. The molecule has 1 unspecified atom stereocenters. The molecule has 2 heterocycles. The number of pyridine rings is 2. The van der Waals surface area contributed by atoms with E-state index in [9.17, 15) is 9.59 Å². The molecule has 2 aromatic heterocycles. The maximum Gasteiger partial charge on any atom is 0.339 e. The van der Waals surface area contributed by atoms with Crippen LogP contribution in [-0.4, -0.2) is 27.9 Å². The number of amides is 1. The van der Waals surface area contributed by atoms with E-state index in [0.717, 1.165) is 5.56 Å². The number of hydrogen-bond donors (Lipinski definition) is 1. The highest BCUT2D eigenvalue weighted by atomic mass is 35.5. The molecule has 0 aliphatic rings. The molecule has 120 valence electrons. The molecule has 1 amide bonds. The zero-order chi connectivity index (χ0) is 16.8. The van der Waals surface area contributed by atoms with E-state index in [0.29, 0.717) is 12.2 Å². The third-order valence-corrected chi connectivity index (χ3v) is 3.25. The normalized spacial score (nSPS) is 11.6. The van der Waals surface area contributed by atoms with Crippen molar-refractivity contribution >= 4 is 29.3 Å². The first-order valence-corrected chi connectivity index (χ1v) is 7.43. The van der Waals surface area contributed by atoms with Gasteiger partial charge in [-0.25, -0.2) is 14.8 Å². The number of aromatic nitrogens is 2. The molecule has 0 bridgehead atoms. The Morgan fingerprint density at radius 1 is 1.26 bits per heavy atom. The number of carbonyl (C=O) groups excluding carboxylic acids is 2. The molecular weight excluding hydrogens is 318 g/mol. The SMILES string of the molecule is CCC(OC(=O)c1ccnc(Cl)c1)C(=O)Nc1cc(C)ccn1. The highest BCUT2D eigenvalue weighted by Gasteiger charge is 2.22. The van der Waals surface area contributed by atoms with Crippen molar-refractivity contribution in [2.24, 2.45) is 0 Å². The number of esters is 1. The van der Waals surface area contributed by atoms with Gasteiger partial charge < -0.3 is 10.1 Å². The van der Waals surface area contributed by atoms with Crippen LogP contribution in [0.3, 0.4) is 0 Å². The third-order valence-electron chi connectivity index (χ3n) is 3.04. The minimum atomic E-state index is -0.920. The van der Waals surface area contributed by atoms with Crippen LogP contribution in [0.15, 0.2) is 36.7 Å². The molecule has 1 N–H and O–H groups in total. The summed E-state index contributed by atoms with van der Waals surface area (Å²) in [5.74, 6) is -0.649. The number of anilines is 1. The second-order valence-corrected chi connectivity index (χ2v) is 5.26. The second kappa shape index (κ2) is 7.69. The average Bonchev–Trinajstić information content (AvgIpc) is 2.52. The molecule has 0 saturated heterocycles. The van der Waals surface area contributed by atoms with Gasteiger partial charge in [0, 0.05) is 12.4 Å². The predicted octanol–water partition coefficient (Wildman–Crippen LogP) is 3.01. The largest absolute Gasteiger partial charge is 0.449 e. The van der Waals surface area contributed by atoms with Gasteiger partial charge >= 0.3 is 5.97 Å². The zero-order valence-electron chi connectivity index (χ0n) is 12.7. The smallest absolute Gasteiger partial charge is 0.339 e. The minimum absolute atomic E-state index is 0.181. The highest BCUT2D eigenvalue weighted by molar-refractivity contribution is 6.29. The molecule has 0 saturated carbocycles. The number of hydrogen-bond acceptors (Lipinski definition) is 5. The fourth-order valence-electron chi connectivity index (χ4n) is 1.86. The van der Waals surface area contributed by atoms with Gasteiger partial charge in [-0.3, -0.25) is 4.79 Å². The molecule has 2 rings (SSSR count).